The van der Waals surface area contributed by atoms with Crippen LogP contribution in [-0.4, -0.2) is 19.3 Å². The Morgan fingerprint density at radius 2 is 1.62 bits per heavy atom. The molecule has 0 aliphatic carbocycles. The molecule has 0 spiro atoms. The van der Waals surface area contributed by atoms with E-state index >= 15 is 0 Å². The van der Waals surface area contributed by atoms with Crippen LogP contribution in [0.3, 0.4) is 0 Å². The molecule has 21 heavy (non-hydrogen) atoms. The van der Waals surface area contributed by atoms with Gasteiger partial charge in [-0.25, -0.2) is 0 Å². The maximum Gasteiger partial charge on any atom is 0.147 e. The molecule has 0 aliphatic rings. The SMILES string of the molecule is ClCCCCCCC=CCCOCOCc1ccccc1. The van der Waals surface area contributed by atoms with E-state index in [1.807, 2.05) is 18.2 Å². The average Bonchev–Trinajstić information content (AvgIpc) is 2.53. The standard InChI is InChI=1S/C18H27ClO2/c19-14-10-5-3-1-2-4-6-11-15-20-17-21-16-18-12-8-7-9-13-18/h4,6-9,12-13H,1-3,5,10-11,14-17H2. The van der Waals surface area contributed by atoms with Crippen LogP contribution < -0.4 is 0 Å². The van der Waals surface area contributed by atoms with Crippen molar-refractivity contribution in [1.29, 1.82) is 0 Å². The first-order chi connectivity index (χ1) is 10.4. The van der Waals surface area contributed by atoms with Gasteiger partial charge in [0.2, 0.25) is 0 Å². The third kappa shape index (κ3) is 11.5. The van der Waals surface area contributed by atoms with Crippen molar-refractivity contribution in [3.63, 3.8) is 0 Å². The van der Waals surface area contributed by atoms with Gasteiger partial charge in [-0.2, -0.15) is 0 Å². The fourth-order valence-electron chi connectivity index (χ4n) is 1.95. The maximum atomic E-state index is 5.63. The lowest BCUT2D eigenvalue weighted by atomic mass is 10.1. The van der Waals surface area contributed by atoms with Gasteiger partial charge in [0.05, 0.1) is 13.2 Å². The third-order valence-electron chi connectivity index (χ3n) is 3.13. The molecule has 1 aromatic carbocycles. The van der Waals surface area contributed by atoms with E-state index in [2.05, 4.69) is 24.3 Å². The molecule has 0 aromatic heterocycles. The zero-order chi connectivity index (χ0) is 15.0. The first-order valence-corrected chi connectivity index (χ1v) is 8.37. The highest BCUT2D eigenvalue weighted by atomic mass is 35.5. The predicted molar refractivity (Wildman–Crippen MR) is 89.6 cm³/mol. The highest BCUT2D eigenvalue weighted by Gasteiger charge is 1.91. The minimum atomic E-state index is 0.362. The Kier molecular flexibility index (Phi) is 12.3. The molecule has 3 heteroatoms. The van der Waals surface area contributed by atoms with Crippen LogP contribution in [0, 0.1) is 0 Å². The summed E-state index contributed by atoms with van der Waals surface area (Å²) < 4.78 is 10.9. The summed E-state index contributed by atoms with van der Waals surface area (Å²) in [5, 5.41) is 0. The number of rotatable bonds is 13. The summed E-state index contributed by atoms with van der Waals surface area (Å²) in [5.41, 5.74) is 1.18. The smallest absolute Gasteiger partial charge is 0.147 e. The van der Waals surface area contributed by atoms with E-state index in [4.69, 9.17) is 21.1 Å². The predicted octanol–water partition coefficient (Wildman–Crippen LogP) is 5.31. The van der Waals surface area contributed by atoms with Gasteiger partial charge in [-0.1, -0.05) is 55.3 Å². The van der Waals surface area contributed by atoms with Crippen LogP contribution >= 0.6 is 11.6 Å². The lowest BCUT2D eigenvalue weighted by Gasteiger charge is -2.04. The van der Waals surface area contributed by atoms with Crippen LogP contribution in [0.1, 0.15) is 44.1 Å². The molecular formula is C18H27ClO2. The first kappa shape index (κ1) is 18.2. The van der Waals surface area contributed by atoms with E-state index in [0.29, 0.717) is 13.4 Å². The second-order valence-corrected chi connectivity index (χ2v) is 5.39. The highest BCUT2D eigenvalue weighted by Crippen LogP contribution is 2.05. The molecule has 0 bridgehead atoms. The molecule has 1 rings (SSSR count). The Hall–Kier alpha value is -0.830. The molecule has 2 nitrogen and oxygen atoms in total. The zero-order valence-corrected chi connectivity index (χ0v) is 13.6. The normalized spacial score (nSPS) is 11.3. The molecule has 0 aliphatic heterocycles. The number of halogens is 1. The summed E-state index contributed by atoms with van der Waals surface area (Å²) in [6.07, 6.45) is 11.5. The van der Waals surface area contributed by atoms with Gasteiger partial charge in [0.1, 0.15) is 6.79 Å². The zero-order valence-electron chi connectivity index (χ0n) is 12.8. The van der Waals surface area contributed by atoms with Gasteiger partial charge in [0.25, 0.3) is 0 Å². The van der Waals surface area contributed by atoms with Crippen LogP contribution in [0.2, 0.25) is 0 Å². The number of allylic oxidation sites excluding steroid dienone is 1. The van der Waals surface area contributed by atoms with Crippen LogP contribution in [0.15, 0.2) is 42.5 Å². The number of alkyl halides is 1. The minimum Gasteiger partial charge on any atom is -0.355 e. The Balaban J connectivity index is 1.82. The number of ether oxygens (including phenoxy) is 2. The number of benzene rings is 1. The van der Waals surface area contributed by atoms with Gasteiger partial charge >= 0.3 is 0 Å². The maximum absolute atomic E-state index is 5.63. The van der Waals surface area contributed by atoms with Gasteiger partial charge in [-0.05, 0) is 31.2 Å². The number of unbranched alkanes of at least 4 members (excludes halogenated alkanes) is 4. The topological polar surface area (TPSA) is 18.5 Å². The lowest BCUT2D eigenvalue weighted by molar-refractivity contribution is -0.0600. The summed E-state index contributed by atoms with van der Waals surface area (Å²) >= 11 is 5.63. The van der Waals surface area contributed by atoms with Crippen molar-refractivity contribution in [2.45, 2.75) is 45.1 Å². The molecule has 0 heterocycles. The molecule has 0 saturated carbocycles. The Labute approximate surface area is 134 Å². The summed E-state index contributed by atoms with van der Waals surface area (Å²) in [6, 6.07) is 10.1. The monoisotopic (exact) mass is 310 g/mol. The fourth-order valence-corrected chi connectivity index (χ4v) is 2.14. The average molecular weight is 311 g/mol. The van der Waals surface area contributed by atoms with Crippen molar-refractivity contribution < 1.29 is 9.47 Å². The molecule has 0 fully saturated rings. The van der Waals surface area contributed by atoms with E-state index in [9.17, 15) is 0 Å². The Bertz CT molecular complexity index is 351. The van der Waals surface area contributed by atoms with Crippen LogP contribution in [-0.2, 0) is 16.1 Å². The van der Waals surface area contributed by atoms with E-state index in [1.165, 1.54) is 24.8 Å². The Morgan fingerprint density at radius 1 is 0.857 bits per heavy atom. The molecule has 0 radical (unpaired) electrons. The van der Waals surface area contributed by atoms with Gasteiger partial charge in [0, 0.05) is 5.88 Å². The van der Waals surface area contributed by atoms with E-state index in [-0.39, 0.29) is 0 Å². The second-order valence-electron chi connectivity index (χ2n) is 5.01. The molecule has 1 aromatic rings. The van der Waals surface area contributed by atoms with Crippen LogP contribution in [0.4, 0.5) is 0 Å². The fraction of sp³-hybridized carbons (Fsp3) is 0.556. The van der Waals surface area contributed by atoms with E-state index < -0.39 is 0 Å². The van der Waals surface area contributed by atoms with E-state index in [0.717, 1.165) is 31.7 Å². The third-order valence-corrected chi connectivity index (χ3v) is 3.40. The van der Waals surface area contributed by atoms with Crippen molar-refractivity contribution in [1.82, 2.24) is 0 Å². The van der Waals surface area contributed by atoms with Gasteiger partial charge in [-0.3, -0.25) is 0 Å². The number of hydrogen-bond acceptors (Lipinski definition) is 2. The summed E-state index contributed by atoms with van der Waals surface area (Å²) in [4.78, 5) is 0. The summed E-state index contributed by atoms with van der Waals surface area (Å²) in [7, 11) is 0. The molecule has 0 saturated heterocycles. The summed E-state index contributed by atoms with van der Waals surface area (Å²) in [5.74, 6) is 0.791. The molecule has 118 valence electrons. The summed E-state index contributed by atoms with van der Waals surface area (Å²) in [6.45, 7) is 1.69. The molecule has 0 unspecified atom stereocenters. The Morgan fingerprint density at radius 3 is 2.43 bits per heavy atom. The molecule has 0 atom stereocenters. The first-order valence-electron chi connectivity index (χ1n) is 7.84. The molecule has 0 amide bonds. The van der Waals surface area contributed by atoms with Gasteiger partial charge in [-0.15, -0.1) is 11.6 Å². The van der Waals surface area contributed by atoms with Crippen molar-refractivity contribution in [3.8, 4) is 0 Å². The lowest BCUT2D eigenvalue weighted by Crippen LogP contribution is -2.01. The second kappa shape index (κ2) is 14.1. The van der Waals surface area contributed by atoms with E-state index in [1.54, 1.807) is 0 Å². The van der Waals surface area contributed by atoms with Crippen molar-refractivity contribution in [2.75, 3.05) is 19.3 Å². The molecular weight excluding hydrogens is 284 g/mol. The van der Waals surface area contributed by atoms with Crippen LogP contribution in [0.25, 0.3) is 0 Å². The quantitative estimate of drug-likeness (QED) is 0.213. The molecule has 0 N–H and O–H groups in total. The highest BCUT2D eigenvalue weighted by molar-refractivity contribution is 6.17. The largest absolute Gasteiger partial charge is 0.355 e. The van der Waals surface area contributed by atoms with Crippen LogP contribution in [0.5, 0.6) is 0 Å². The minimum absolute atomic E-state index is 0.362. The van der Waals surface area contributed by atoms with Gasteiger partial charge in [0.15, 0.2) is 0 Å². The number of hydrogen-bond donors (Lipinski definition) is 0. The van der Waals surface area contributed by atoms with Crippen molar-refractivity contribution in [3.05, 3.63) is 48.0 Å². The van der Waals surface area contributed by atoms with Crippen molar-refractivity contribution >= 4 is 11.6 Å². The van der Waals surface area contributed by atoms with Crippen molar-refractivity contribution in [2.24, 2.45) is 0 Å². The van der Waals surface area contributed by atoms with Gasteiger partial charge < -0.3 is 9.47 Å².